The van der Waals surface area contributed by atoms with Crippen molar-refractivity contribution < 1.29 is 9.53 Å². The smallest absolute Gasteiger partial charge is 0.314 e. The van der Waals surface area contributed by atoms with Crippen molar-refractivity contribution in [2.75, 3.05) is 38.2 Å². The molecule has 0 bridgehead atoms. The first-order valence-corrected chi connectivity index (χ1v) is 10.7. The fourth-order valence-corrected chi connectivity index (χ4v) is 3.87. The lowest BCUT2D eigenvalue weighted by molar-refractivity contribution is 0.239. The first-order valence-electron chi connectivity index (χ1n) is 10.7. The predicted molar refractivity (Wildman–Crippen MR) is 122 cm³/mol. The largest absolute Gasteiger partial charge is 0.497 e. The normalized spacial score (nSPS) is 15.6. The van der Waals surface area contributed by atoms with Crippen molar-refractivity contribution in [2.24, 2.45) is 5.92 Å². The number of ether oxygens (including phenoxy) is 1. The van der Waals surface area contributed by atoms with E-state index in [1.54, 1.807) is 7.11 Å². The van der Waals surface area contributed by atoms with Crippen LogP contribution in [0.3, 0.4) is 0 Å². The molecule has 2 aromatic carbocycles. The summed E-state index contributed by atoms with van der Waals surface area (Å²) in [4.78, 5) is 14.5. The number of benzene rings is 2. The molecule has 7 heteroatoms. The Balaban J connectivity index is 1.16. The summed E-state index contributed by atoms with van der Waals surface area (Å²) in [6.07, 6.45) is 5.66. The molecule has 162 valence electrons. The molecule has 2 heterocycles. The number of nitrogens with zero attached hydrogens (tertiary/aromatic N) is 3. The SMILES string of the molecule is COc1cccc(N2CCC(CNC(=O)NCCc3cnn(-c4ccccc4)c3)C2)c1. The van der Waals surface area contributed by atoms with Crippen LogP contribution in [0, 0.1) is 5.92 Å². The minimum atomic E-state index is -0.115. The van der Waals surface area contributed by atoms with Gasteiger partial charge < -0.3 is 20.3 Å². The van der Waals surface area contributed by atoms with E-state index < -0.39 is 0 Å². The van der Waals surface area contributed by atoms with Gasteiger partial charge in [-0.2, -0.15) is 5.10 Å². The van der Waals surface area contributed by atoms with Crippen LogP contribution in [0.25, 0.3) is 5.69 Å². The molecule has 2 N–H and O–H groups in total. The van der Waals surface area contributed by atoms with Crippen LogP contribution in [0.1, 0.15) is 12.0 Å². The quantitative estimate of drug-likeness (QED) is 0.588. The van der Waals surface area contributed by atoms with E-state index in [9.17, 15) is 4.79 Å². The number of hydrogen-bond donors (Lipinski definition) is 2. The zero-order valence-corrected chi connectivity index (χ0v) is 17.8. The van der Waals surface area contributed by atoms with Crippen molar-refractivity contribution in [2.45, 2.75) is 12.8 Å². The van der Waals surface area contributed by atoms with Crippen molar-refractivity contribution in [3.05, 3.63) is 72.6 Å². The average Bonchev–Trinajstić information content (AvgIpc) is 3.48. The average molecular weight is 420 g/mol. The molecule has 1 fully saturated rings. The number of anilines is 1. The van der Waals surface area contributed by atoms with E-state index in [4.69, 9.17) is 4.74 Å². The van der Waals surface area contributed by atoms with E-state index in [1.165, 1.54) is 5.69 Å². The molecule has 7 nitrogen and oxygen atoms in total. The van der Waals surface area contributed by atoms with Gasteiger partial charge in [-0.3, -0.25) is 0 Å². The standard InChI is InChI=1S/C24H29N5O2/c1-31-23-9-5-8-22(14-23)28-13-11-20(17-28)15-26-24(30)25-12-10-19-16-27-29(18-19)21-6-3-2-4-7-21/h2-9,14,16,18,20H,10-13,15,17H2,1H3,(H2,25,26,30). The number of methoxy groups -OCH3 is 1. The highest BCUT2D eigenvalue weighted by atomic mass is 16.5. The van der Waals surface area contributed by atoms with E-state index in [1.807, 2.05) is 59.5 Å². The fourth-order valence-electron chi connectivity index (χ4n) is 3.87. The molecule has 1 aliphatic heterocycles. The summed E-state index contributed by atoms with van der Waals surface area (Å²) in [7, 11) is 1.68. The molecule has 2 amide bonds. The third kappa shape index (κ3) is 5.57. The molecular formula is C24H29N5O2. The molecular weight excluding hydrogens is 390 g/mol. The Bertz CT molecular complexity index is 988. The van der Waals surface area contributed by atoms with Crippen LogP contribution in [-0.4, -0.2) is 49.1 Å². The van der Waals surface area contributed by atoms with Crippen LogP contribution < -0.4 is 20.3 Å². The Kier molecular flexibility index (Phi) is 6.72. The number of para-hydroxylation sites is 1. The van der Waals surface area contributed by atoms with Crippen molar-refractivity contribution in [1.82, 2.24) is 20.4 Å². The summed E-state index contributed by atoms with van der Waals surface area (Å²) in [5.41, 5.74) is 3.29. The number of rotatable bonds is 8. The number of nitrogens with one attached hydrogen (secondary N) is 2. The molecule has 1 aliphatic rings. The number of carbonyl (C=O) groups is 1. The number of hydrogen-bond acceptors (Lipinski definition) is 4. The maximum absolute atomic E-state index is 12.2. The van der Waals surface area contributed by atoms with Gasteiger partial charge in [-0.15, -0.1) is 0 Å². The maximum atomic E-state index is 12.2. The van der Waals surface area contributed by atoms with Crippen molar-refractivity contribution >= 4 is 11.7 Å². The molecule has 3 aromatic rings. The van der Waals surface area contributed by atoms with Gasteiger partial charge in [0, 0.05) is 44.1 Å². The number of aromatic nitrogens is 2. The molecule has 1 unspecified atom stereocenters. The summed E-state index contributed by atoms with van der Waals surface area (Å²) in [5.74, 6) is 1.31. The van der Waals surface area contributed by atoms with Crippen LogP contribution in [0.2, 0.25) is 0 Å². The number of urea groups is 1. The molecule has 4 rings (SSSR count). The van der Waals surface area contributed by atoms with Crippen LogP contribution >= 0.6 is 0 Å². The summed E-state index contributed by atoms with van der Waals surface area (Å²) < 4.78 is 7.17. The van der Waals surface area contributed by atoms with E-state index in [2.05, 4.69) is 32.8 Å². The molecule has 31 heavy (non-hydrogen) atoms. The first kappa shape index (κ1) is 20.8. The minimum absolute atomic E-state index is 0.115. The zero-order chi connectivity index (χ0) is 21.5. The summed E-state index contributed by atoms with van der Waals surface area (Å²) in [6, 6.07) is 18.0. The molecule has 0 saturated carbocycles. The summed E-state index contributed by atoms with van der Waals surface area (Å²) >= 11 is 0. The highest BCUT2D eigenvalue weighted by molar-refractivity contribution is 5.73. The van der Waals surface area contributed by atoms with E-state index >= 15 is 0 Å². The van der Waals surface area contributed by atoms with Crippen molar-refractivity contribution in [1.29, 1.82) is 0 Å². The van der Waals surface area contributed by atoms with Gasteiger partial charge in [0.25, 0.3) is 0 Å². The third-order valence-corrected chi connectivity index (χ3v) is 5.61. The van der Waals surface area contributed by atoms with Crippen molar-refractivity contribution in [3.63, 3.8) is 0 Å². The summed E-state index contributed by atoms with van der Waals surface area (Å²) in [5, 5.41) is 10.4. The van der Waals surface area contributed by atoms with E-state index in [0.717, 1.165) is 42.9 Å². The van der Waals surface area contributed by atoms with E-state index in [-0.39, 0.29) is 6.03 Å². The zero-order valence-electron chi connectivity index (χ0n) is 17.8. The highest BCUT2D eigenvalue weighted by Crippen LogP contribution is 2.26. The Morgan fingerprint density at radius 1 is 1.13 bits per heavy atom. The molecule has 1 saturated heterocycles. The van der Waals surface area contributed by atoms with Gasteiger partial charge in [0.2, 0.25) is 0 Å². The van der Waals surface area contributed by atoms with Gasteiger partial charge >= 0.3 is 6.03 Å². The third-order valence-electron chi connectivity index (χ3n) is 5.61. The number of amides is 2. The monoisotopic (exact) mass is 419 g/mol. The van der Waals surface area contributed by atoms with Gasteiger partial charge in [-0.1, -0.05) is 24.3 Å². The minimum Gasteiger partial charge on any atom is -0.497 e. The van der Waals surface area contributed by atoms with Crippen LogP contribution in [-0.2, 0) is 6.42 Å². The second-order valence-electron chi connectivity index (χ2n) is 7.82. The van der Waals surface area contributed by atoms with E-state index in [0.29, 0.717) is 19.0 Å². The molecule has 1 atom stereocenters. The Morgan fingerprint density at radius 3 is 2.81 bits per heavy atom. The molecule has 0 radical (unpaired) electrons. The van der Waals surface area contributed by atoms with Gasteiger partial charge in [-0.25, -0.2) is 9.48 Å². The fraction of sp³-hybridized carbons (Fsp3) is 0.333. The predicted octanol–water partition coefficient (Wildman–Crippen LogP) is 3.25. The molecule has 0 spiro atoms. The lowest BCUT2D eigenvalue weighted by atomic mass is 10.1. The van der Waals surface area contributed by atoms with Crippen LogP contribution in [0.15, 0.2) is 67.0 Å². The van der Waals surface area contributed by atoms with Gasteiger partial charge in [-0.05, 0) is 48.6 Å². The first-order chi connectivity index (χ1) is 15.2. The van der Waals surface area contributed by atoms with Gasteiger partial charge in [0.15, 0.2) is 0 Å². The molecule has 1 aromatic heterocycles. The maximum Gasteiger partial charge on any atom is 0.314 e. The lowest BCUT2D eigenvalue weighted by Crippen LogP contribution is -2.39. The topological polar surface area (TPSA) is 71.4 Å². The molecule has 0 aliphatic carbocycles. The van der Waals surface area contributed by atoms with Crippen LogP contribution in [0.5, 0.6) is 5.75 Å². The Morgan fingerprint density at radius 2 is 1.97 bits per heavy atom. The lowest BCUT2D eigenvalue weighted by Gasteiger charge is -2.19. The highest BCUT2D eigenvalue weighted by Gasteiger charge is 2.23. The number of carbonyl (C=O) groups excluding carboxylic acids is 1. The Hall–Kier alpha value is -3.48. The van der Waals surface area contributed by atoms with Gasteiger partial charge in [0.1, 0.15) is 5.75 Å². The second-order valence-corrected chi connectivity index (χ2v) is 7.82. The van der Waals surface area contributed by atoms with Crippen LogP contribution in [0.4, 0.5) is 10.5 Å². The van der Waals surface area contributed by atoms with Crippen molar-refractivity contribution in [3.8, 4) is 11.4 Å². The second kappa shape index (κ2) is 10.0. The van der Waals surface area contributed by atoms with Gasteiger partial charge in [0.05, 0.1) is 19.0 Å². The summed E-state index contributed by atoms with van der Waals surface area (Å²) in [6.45, 7) is 3.18. The Labute approximate surface area is 183 Å².